The van der Waals surface area contributed by atoms with Crippen LogP contribution in [0.4, 0.5) is 5.69 Å². The quantitative estimate of drug-likeness (QED) is 0.590. The Labute approximate surface area is 153 Å². The number of rotatable bonds is 7. The van der Waals surface area contributed by atoms with Crippen LogP contribution in [0.15, 0.2) is 72.4 Å². The van der Waals surface area contributed by atoms with Crippen LogP contribution in [0, 0.1) is 0 Å². The average molecular weight is 350 g/mol. The number of ether oxygens (including phenoxy) is 1. The lowest BCUT2D eigenvalue weighted by molar-refractivity contribution is -0.120. The first kappa shape index (κ1) is 19.0. The van der Waals surface area contributed by atoms with E-state index in [1.54, 1.807) is 30.3 Å². The molecule has 0 saturated heterocycles. The van der Waals surface area contributed by atoms with E-state index in [1.165, 1.54) is 6.92 Å². The van der Waals surface area contributed by atoms with Crippen molar-refractivity contribution in [3.05, 3.63) is 78.0 Å². The maximum Gasteiger partial charge on any atom is 0.272 e. The predicted octanol–water partition coefficient (Wildman–Crippen LogP) is 3.76. The predicted molar refractivity (Wildman–Crippen MR) is 104 cm³/mol. The van der Waals surface area contributed by atoms with Gasteiger partial charge in [-0.25, -0.2) is 0 Å². The summed E-state index contributed by atoms with van der Waals surface area (Å²) in [7, 11) is 0. The number of amides is 2. The molecule has 0 spiro atoms. The van der Waals surface area contributed by atoms with Gasteiger partial charge in [0, 0.05) is 12.6 Å². The van der Waals surface area contributed by atoms with Crippen LogP contribution in [0.2, 0.25) is 0 Å². The normalized spacial score (nSPS) is 10.8. The second-order valence-corrected chi connectivity index (χ2v) is 5.87. The molecule has 0 atom stereocenters. The fourth-order valence-electron chi connectivity index (χ4n) is 2.10. The summed E-state index contributed by atoms with van der Waals surface area (Å²) < 4.78 is 5.53. The number of nitrogens with one attached hydrogen (secondary N) is 2. The standard InChI is InChI=1S/C21H22N2O3/c1-15(2)14-26-19-11-9-18(10-12-19)23-21(25)20(22-16(3)24)13-17-7-5-4-6-8-17/h4-13H,1,14H2,2-3H3,(H,22,24)(H,23,25)/b20-13-. The monoisotopic (exact) mass is 350 g/mol. The topological polar surface area (TPSA) is 67.4 Å². The third-order valence-corrected chi connectivity index (χ3v) is 3.26. The Kier molecular flexibility index (Phi) is 6.74. The van der Waals surface area contributed by atoms with E-state index in [-0.39, 0.29) is 11.6 Å². The minimum Gasteiger partial charge on any atom is -0.489 e. The number of anilines is 1. The average Bonchev–Trinajstić information content (AvgIpc) is 2.61. The van der Waals surface area contributed by atoms with E-state index < -0.39 is 5.91 Å². The lowest BCUT2D eigenvalue weighted by Crippen LogP contribution is -2.28. The van der Waals surface area contributed by atoms with Crippen molar-refractivity contribution in [3.63, 3.8) is 0 Å². The lowest BCUT2D eigenvalue weighted by atomic mass is 10.2. The van der Waals surface area contributed by atoms with Crippen LogP contribution in [-0.4, -0.2) is 18.4 Å². The second-order valence-electron chi connectivity index (χ2n) is 5.87. The molecule has 0 saturated carbocycles. The number of hydrogen-bond acceptors (Lipinski definition) is 3. The zero-order valence-electron chi connectivity index (χ0n) is 14.9. The molecular formula is C21H22N2O3. The Bertz CT molecular complexity index is 809. The maximum absolute atomic E-state index is 12.5. The van der Waals surface area contributed by atoms with E-state index in [0.29, 0.717) is 18.0 Å². The molecule has 0 bridgehead atoms. The highest BCUT2D eigenvalue weighted by molar-refractivity contribution is 6.08. The molecule has 0 heterocycles. The molecule has 0 aliphatic carbocycles. The van der Waals surface area contributed by atoms with Crippen LogP contribution >= 0.6 is 0 Å². The molecule has 2 rings (SSSR count). The van der Waals surface area contributed by atoms with Crippen molar-refractivity contribution >= 4 is 23.6 Å². The van der Waals surface area contributed by atoms with Gasteiger partial charge in [0.15, 0.2) is 0 Å². The van der Waals surface area contributed by atoms with Gasteiger partial charge < -0.3 is 15.4 Å². The highest BCUT2D eigenvalue weighted by atomic mass is 16.5. The number of hydrogen-bond donors (Lipinski definition) is 2. The lowest BCUT2D eigenvalue weighted by Gasteiger charge is -2.11. The molecule has 134 valence electrons. The zero-order valence-corrected chi connectivity index (χ0v) is 14.9. The molecule has 0 radical (unpaired) electrons. The van der Waals surface area contributed by atoms with Gasteiger partial charge in [-0.15, -0.1) is 0 Å². The molecule has 0 fully saturated rings. The molecule has 5 heteroatoms. The van der Waals surface area contributed by atoms with Crippen molar-refractivity contribution in [3.8, 4) is 5.75 Å². The van der Waals surface area contributed by atoms with E-state index in [2.05, 4.69) is 17.2 Å². The molecule has 0 aromatic heterocycles. The molecule has 5 nitrogen and oxygen atoms in total. The Morgan fingerprint density at radius 3 is 2.27 bits per heavy atom. The van der Waals surface area contributed by atoms with E-state index in [1.807, 2.05) is 37.3 Å². The van der Waals surface area contributed by atoms with Crippen LogP contribution in [0.25, 0.3) is 6.08 Å². The Morgan fingerprint density at radius 2 is 1.69 bits per heavy atom. The Balaban J connectivity index is 2.10. The third-order valence-electron chi connectivity index (χ3n) is 3.26. The maximum atomic E-state index is 12.5. The van der Waals surface area contributed by atoms with Crippen LogP contribution in [0.5, 0.6) is 5.75 Å². The van der Waals surface area contributed by atoms with Crippen LogP contribution in [-0.2, 0) is 9.59 Å². The van der Waals surface area contributed by atoms with Crippen molar-refractivity contribution in [2.75, 3.05) is 11.9 Å². The van der Waals surface area contributed by atoms with Gasteiger partial charge in [0.2, 0.25) is 5.91 Å². The fraction of sp³-hybridized carbons (Fsp3) is 0.143. The Morgan fingerprint density at radius 1 is 1.04 bits per heavy atom. The van der Waals surface area contributed by atoms with E-state index in [0.717, 1.165) is 11.1 Å². The Hall–Kier alpha value is -3.34. The van der Waals surface area contributed by atoms with Crippen LogP contribution < -0.4 is 15.4 Å². The van der Waals surface area contributed by atoms with Crippen LogP contribution in [0.1, 0.15) is 19.4 Å². The highest BCUT2D eigenvalue weighted by Crippen LogP contribution is 2.17. The molecular weight excluding hydrogens is 328 g/mol. The smallest absolute Gasteiger partial charge is 0.272 e. The van der Waals surface area contributed by atoms with Gasteiger partial charge in [-0.1, -0.05) is 36.9 Å². The minimum atomic E-state index is -0.403. The molecule has 0 unspecified atom stereocenters. The highest BCUT2D eigenvalue weighted by Gasteiger charge is 2.11. The first-order chi connectivity index (χ1) is 12.4. The summed E-state index contributed by atoms with van der Waals surface area (Å²) in [5.41, 5.74) is 2.51. The summed E-state index contributed by atoms with van der Waals surface area (Å²) in [5.74, 6) is -0.0292. The number of benzene rings is 2. The summed E-state index contributed by atoms with van der Waals surface area (Å²) in [6, 6.07) is 16.3. The third kappa shape index (κ3) is 6.28. The molecule has 2 amide bonds. The van der Waals surface area contributed by atoms with Crippen molar-refractivity contribution in [1.82, 2.24) is 5.32 Å². The summed E-state index contributed by atoms with van der Waals surface area (Å²) in [5, 5.41) is 5.33. The van der Waals surface area contributed by atoms with E-state index >= 15 is 0 Å². The SMILES string of the molecule is C=C(C)COc1ccc(NC(=O)/C(=C/c2ccccc2)NC(C)=O)cc1. The van der Waals surface area contributed by atoms with Gasteiger partial charge >= 0.3 is 0 Å². The van der Waals surface area contributed by atoms with Crippen molar-refractivity contribution < 1.29 is 14.3 Å². The molecule has 26 heavy (non-hydrogen) atoms. The molecule has 2 N–H and O–H groups in total. The van der Waals surface area contributed by atoms with Gasteiger partial charge in [0.05, 0.1) is 0 Å². The summed E-state index contributed by atoms with van der Waals surface area (Å²) in [6.45, 7) is 7.47. The minimum absolute atomic E-state index is 0.173. The fourth-order valence-corrected chi connectivity index (χ4v) is 2.10. The summed E-state index contributed by atoms with van der Waals surface area (Å²) in [6.07, 6.45) is 1.63. The first-order valence-corrected chi connectivity index (χ1v) is 8.17. The van der Waals surface area contributed by atoms with E-state index in [4.69, 9.17) is 4.74 Å². The first-order valence-electron chi connectivity index (χ1n) is 8.17. The largest absolute Gasteiger partial charge is 0.489 e. The molecule has 0 aliphatic heterocycles. The molecule has 2 aromatic carbocycles. The number of carbonyl (C=O) groups excluding carboxylic acids is 2. The van der Waals surface area contributed by atoms with Crippen molar-refractivity contribution in [2.24, 2.45) is 0 Å². The zero-order chi connectivity index (χ0) is 18.9. The van der Waals surface area contributed by atoms with Gasteiger partial charge in [0.25, 0.3) is 5.91 Å². The van der Waals surface area contributed by atoms with Gasteiger partial charge in [0.1, 0.15) is 18.1 Å². The van der Waals surface area contributed by atoms with Gasteiger partial charge in [-0.05, 0) is 48.4 Å². The molecule has 2 aromatic rings. The van der Waals surface area contributed by atoms with E-state index in [9.17, 15) is 9.59 Å². The van der Waals surface area contributed by atoms with Crippen molar-refractivity contribution in [2.45, 2.75) is 13.8 Å². The molecule has 0 aliphatic rings. The van der Waals surface area contributed by atoms with Crippen LogP contribution in [0.3, 0.4) is 0 Å². The summed E-state index contributed by atoms with van der Waals surface area (Å²) >= 11 is 0. The number of carbonyl (C=O) groups is 2. The van der Waals surface area contributed by atoms with Gasteiger partial charge in [-0.2, -0.15) is 0 Å². The second kappa shape index (κ2) is 9.22. The summed E-state index contributed by atoms with van der Waals surface area (Å²) in [4.78, 5) is 23.9. The van der Waals surface area contributed by atoms with Crippen molar-refractivity contribution in [1.29, 1.82) is 0 Å². The van der Waals surface area contributed by atoms with Gasteiger partial charge in [-0.3, -0.25) is 9.59 Å².